The first kappa shape index (κ1) is 9.66. The van der Waals surface area contributed by atoms with E-state index in [1.54, 1.807) is 0 Å². The molecule has 1 rings (SSSR count). The first-order chi connectivity index (χ1) is 6.03. The van der Waals surface area contributed by atoms with Gasteiger partial charge < -0.3 is 9.57 Å². The number of benzene rings is 1. The Hall–Kier alpha value is -1.43. The average Bonchev–Trinajstić information content (AvgIpc) is 2.02. The zero-order valence-electron chi connectivity index (χ0n) is 6.34. The van der Waals surface area contributed by atoms with Gasteiger partial charge in [-0.2, -0.15) is 5.90 Å². The Labute approximate surface area is 71.8 Å². The molecular formula is C7H6F3NO2. The lowest BCUT2D eigenvalue weighted by Crippen LogP contribution is -2.18. The monoisotopic (exact) mass is 193 g/mol. The van der Waals surface area contributed by atoms with Crippen molar-refractivity contribution in [1.29, 1.82) is 0 Å². The second kappa shape index (κ2) is 3.53. The molecule has 72 valence electrons. The van der Waals surface area contributed by atoms with Crippen LogP contribution < -0.4 is 15.5 Å². The largest absolute Gasteiger partial charge is 0.573 e. The van der Waals surface area contributed by atoms with Crippen molar-refractivity contribution < 1.29 is 22.7 Å². The van der Waals surface area contributed by atoms with Gasteiger partial charge in [-0.25, -0.2) is 0 Å². The molecule has 0 heterocycles. The molecule has 0 spiro atoms. The van der Waals surface area contributed by atoms with Crippen LogP contribution in [0, 0.1) is 0 Å². The SMILES string of the molecule is NOc1ccccc1OC(F)(F)F. The molecule has 2 N–H and O–H groups in total. The van der Waals surface area contributed by atoms with Crippen molar-refractivity contribution in [1.82, 2.24) is 0 Å². The van der Waals surface area contributed by atoms with Crippen molar-refractivity contribution in [3.63, 3.8) is 0 Å². The molecule has 0 aliphatic carbocycles. The van der Waals surface area contributed by atoms with E-state index in [9.17, 15) is 13.2 Å². The van der Waals surface area contributed by atoms with Gasteiger partial charge in [-0.1, -0.05) is 12.1 Å². The maximum Gasteiger partial charge on any atom is 0.573 e. The molecule has 1 aromatic carbocycles. The lowest BCUT2D eigenvalue weighted by molar-refractivity contribution is -0.275. The Bertz CT molecular complexity index is 287. The standard InChI is InChI=1S/C7H6F3NO2/c8-7(9,10)12-5-3-1-2-4-6(5)13-11/h1-4H,11H2. The van der Waals surface area contributed by atoms with Gasteiger partial charge in [0.05, 0.1) is 0 Å². The fraction of sp³-hybridized carbons (Fsp3) is 0.143. The number of ether oxygens (including phenoxy) is 1. The number of hydrogen-bond donors (Lipinski definition) is 1. The van der Waals surface area contributed by atoms with Gasteiger partial charge in [0.15, 0.2) is 11.5 Å². The second-order valence-electron chi connectivity index (χ2n) is 2.11. The van der Waals surface area contributed by atoms with Gasteiger partial charge in [0.25, 0.3) is 0 Å². The number of nitrogens with two attached hydrogens (primary N) is 1. The summed E-state index contributed by atoms with van der Waals surface area (Å²) in [6.45, 7) is 0. The fourth-order valence-electron chi connectivity index (χ4n) is 0.757. The van der Waals surface area contributed by atoms with Gasteiger partial charge in [-0.3, -0.25) is 0 Å². The van der Waals surface area contributed by atoms with Gasteiger partial charge in [0.2, 0.25) is 0 Å². The molecule has 0 bridgehead atoms. The summed E-state index contributed by atoms with van der Waals surface area (Å²) in [7, 11) is 0. The minimum absolute atomic E-state index is 0.167. The zero-order chi connectivity index (χ0) is 9.90. The molecule has 0 fully saturated rings. The van der Waals surface area contributed by atoms with Gasteiger partial charge in [-0.15, -0.1) is 13.2 Å². The molecule has 0 radical (unpaired) electrons. The van der Waals surface area contributed by atoms with E-state index < -0.39 is 12.1 Å². The van der Waals surface area contributed by atoms with Crippen LogP contribution in [0.15, 0.2) is 24.3 Å². The molecule has 0 atom stereocenters. The minimum Gasteiger partial charge on any atom is -0.408 e. The van der Waals surface area contributed by atoms with E-state index in [1.807, 2.05) is 0 Å². The summed E-state index contributed by atoms with van der Waals surface area (Å²) in [6, 6.07) is 5.23. The molecular weight excluding hydrogens is 187 g/mol. The van der Waals surface area contributed by atoms with E-state index in [0.717, 1.165) is 6.07 Å². The van der Waals surface area contributed by atoms with Crippen LogP contribution in [0.25, 0.3) is 0 Å². The molecule has 0 aliphatic heterocycles. The molecule has 0 saturated carbocycles. The highest BCUT2D eigenvalue weighted by molar-refractivity contribution is 5.39. The Morgan fingerprint density at radius 1 is 1.08 bits per heavy atom. The summed E-state index contributed by atoms with van der Waals surface area (Å²) in [6.07, 6.45) is -4.74. The maximum absolute atomic E-state index is 11.7. The van der Waals surface area contributed by atoms with E-state index in [0.29, 0.717) is 0 Å². The third-order valence-corrected chi connectivity index (χ3v) is 1.20. The number of para-hydroxylation sites is 2. The molecule has 13 heavy (non-hydrogen) atoms. The van der Waals surface area contributed by atoms with E-state index >= 15 is 0 Å². The molecule has 0 saturated heterocycles. The topological polar surface area (TPSA) is 44.5 Å². The molecule has 3 nitrogen and oxygen atoms in total. The number of rotatable bonds is 2. The zero-order valence-corrected chi connectivity index (χ0v) is 6.34. The number of alkyl halides is 3. The van der Waals surface area contributed by atoms with Crippen LogP contribution in [0.2, 0.25) is 0 Å². The normalized spacial score (nSPS) is 11.1. The highest BCUT2D eigenvalue weighted by Crippen LogP contribution is 2.30. The van der Waals surface area contributed by atoms with E-state index in [2.05, 4.69) is 9.57 Å². The molecule has 0 amide bonds. The van der Waals surface area contributed by atoms with Crippen molar-refractivity contribution in [3.05, 3.63) is 24.3 Å². The predicted octanol–water partition coefficient (Wildman–Crippen LogP) is 1.84. The molecule has 0 unspecified atom stereocenters. The van der Waals surface area contributed by atoms with Crippen molar-refractivity contribution in [3.8, 4) is 11.5 Å². The van der Waals surface area contributed by atoms with Crippen LogP contribution in [0.5, 0.6) is 11.5 Å². The van der Waals surface area contributed by atoms with Gasteiger partial charge >= 0.3 is 6.36 Å². The van der Waals surface area contributed by atoms with Crippen molar-refractivity contribution in [2.45, 2.75) is 6.36 Å². The molecule has 0 aliphatic rings. The minimum atomic E-state index is -4.74. The van der Waals surface area contributed by atoms with E-state index in [1.165, 1.54) is 18.2 Å². The van der Waals surface area contributed by atoms with Crippen molar-refractivity contribution >= 4 is 0 Å². The van der Waals surface area contributed by atoms with Crippen LogP contribution in [0.4, 0.5) is 13.2 Å². The summed E-state index contributed by atoms with van der Waals surface area (Å²) < 4.78 is 38.8. The first-order valence-corrected chi connectivity index (χ1v) is 3.24. The highest BCUT2D eigenvalue weighted by Gasteiger charge is 2.32. The van der Waals surface area contributed by atoms with Crippen molar-refractivity contribution in [2.75, 3.05) is 0 Å². The molecule has 1 aromatic rings. The van der Waals surface area contributed by atoms with Gasteiger partial charge in [-0.05, 0) is 12.1 Å². The first-order valence-electron chi connectivity index (χ1n) is 3.24. The van der Waals surface area contributed by atoms with E-state index in [4.69, 9.17) is 5.90 Å². The summed E-state index contributed by atoms with van der Waals surface area (Å²) in [5, 5.41) is 0. The highest BCUT2D eigenvalue weighted by atomic mass is 19.4. The quantitative estimate of drug-likeness (QED) is 0.729. The predicted molar refractivity (Wildman–Crippen MR) is 37.9 cm³/mol. The van der Waals surface area contributed by atoms with Crippen LogP contribution >= 0.6 is 0 Å². The Morgan fingerprint density at radius 2 is 1.62 bits per heavy atom. The lowest BCUT2D eigenvalue weighted by atomic mass is 10.3. The average molecular weight is 193 g/mol. The smallest absolute Gasteiger partial charge is 0.408 e. The van der Waals surface area contributed by atoms with Crippen molar-refractivity contribution in [2.24, 2.45) is 5.90 Å². The Balaban J connectivity index is 2.87. The summed E-state index contributed by atoms with van der Waals surface area (Å²) >= 11 is 0. The maximum atomic E-state index is 11.7. The fourth-order valence-corrected chi connectivity index (χ4v) is 0.757. The lowest BCUT2D eigenvalue weighted by Gasteiger charge is -2.10. The number of halogens is 3. The Morgan fingerprint density at radius 3 is 2.08 bits per heavy atom. The third-order valence-electron chi connectivity index (χ3n) is 1.20. The van der Waals surface area contributed by atoms with Crippen LogP contribution in [0.1, 0.15) is 0 Å². The third kappa shape index (κ3) is 2.83. The van der Waals surface area contributed by atoms with E-state index in [-0.39, 0.29) is 5.75 Å². The van der Waals surface area contributed by atoms with Crippen LogP contribution in [0.3, 0.4) is 0 Å². The van der Waals surface area contributed by atoms with Crippen LogP contribution in [-0.2, 0) is 0 Å². The summed E-state index contributed by atoms with van der Waals surface area (Å²) in [5.74, 6) is 4.09. The number of hydrogen-bond acceptors (Lipinski definition) is 3. The Kier molecular flexibility index (Phi) is 2.62. The summed E-state index contributed by atoms with van der Waals surface area (Å²) in [4.78, 5) is 4.17. The van der Waals surface area contributed by atoms with Gasteiger partial charge in [0, 0.05) is 0 Å². The summed E-state index contributed by atoms with van der Waals surface area (Å²) in [5.41, 5.74) is 0. The second-order valence-corrected chi connectivity index (χ2v) is 2.11. The van der Waals surface area contributed by atoms with Gasteiger partial charge in [0.1, 0.15) is 0 Å². The molecule has 0 aromatic heterocycles. The molecule has 6 heteroatoms. The van der Waals surface area contributed by atoms with Crippen LogP contribution in [-0.4, -0.2) is 6.36 Å².